The molecule has 0 unspecified atom stereocenters. The van der Waals surface area contributed by atoms with Crippen molar-refractivity contribution in [3.8, 4) is 0 Å². The average Bonchev–Trinajstić information content (AvgIpc) is 2.32. The van der Waals surface area contributed by atoms with E-state index in [0.29, 0.717) is 0 Å². The molecule has 1 aromatic carbocycles. The minimum atomic E-state index is -3.50. The van der Waals surface area contributed by atoms with Gasteiger partial charge in [-0.25, -0.2) is 13.6 Å². The van der Waals surface area contributed by atoms with Crippen LogP contribution in [0.15, 0.2) is 65.8 Å². The molecule has 5 heteroatoms. The van der Waals surface area contributed by atoms with Crippen LogP contribution in [0.3, 0.4) is 0 Å². The lowest BCUT2D eigenvalue weighted by Crippen LogP contribution is -2.11. The fourth-order valence-electron chi connectivity index (χ4n) is 0.923. The van der Waals surface area contributed by atoms with Gasteiger partial charge in [0.1, 0.15) is 0 Å². The summed E-state index contributed by atoms with van der Waals surface area (Å²) in [7, 11) is -3.50. The molecule has 1 aromatic heterocycles. The summed E-state index contributed by atoms with van der Waals surface area (Å²) in [6, 6.07) is 13.6. The van der Waals surface area contributed by atoms with Gasteiger partial charge in [-0.1, -0.05) is 24.3 Å². The second-order valence-electron chi connectivity index (χ2n) is 2.88. The van der Waals surface area contributed by atoms with Crippen molar-refractivity contribution < 1.29 is 8.42 Å². The van der Waals surface area contributed by atoms with Gasteiger partial charge in [-0.15, -0.1) is 0 Å². The van der Waals surface area contributed by atoms with Crippen LogP contribution in [0.5, 0.6) is 0 Å². The Kier molecular flexibility index (Phi) is 4.63. The van der Waals surface area contributed by atoms with Gasteiger partial charge in [-0.3, -0.25) is 4.98 Å². The van der Waals surface area contributed by atoms with E-state index in [2.05, 4.69) is 4.98 Å². The van der Waals surface area contributed by atoms with Gasteiger partial charge in [0.15, 0.2) is 0 Å². The van der Waals surface area contributed by atoms with Crippen LogP contribution in [0, 0.1) is 0 Å². The number of nitrogens with zero attached hydrogens (tertiary/aromatic N) is 1. The smallest absolute Gasteiger partial charge is 0.238 e. The Labute approximate surface area is 94.8 Å². The third-order valence-electron chi connectivity index (χ3n) is 1.64. The molecule has 16 heavy (non-hydrogen) atoms. The molecule has 0 saturated carbocycles. The van der Waals surface area contributed by atoms with Crippen LogP contribution in [0.4, 0.5) is 0 Å². The molecule has 2 N–H and O–H groups in total. The van der Waals surface area contributed by atoms with Crippen molar-refractivity contribution in [2.75, 3.05) is 0 Å². The van der Waals surface area contributed by atoms with Gasteiger partial charge in [-0.05, 0) is 24.3 Å². The highest BCUT2D eigenvalue weighted by Gasteiger charge is 2.03. The van der Waals surface area contributed by atoms with E-state index in [1.165, 1.54) is 12.1 Å². The first-order valence-electron chi connectivity index (χ1n) is 4.53. The Morgan fingerprint density at radius 2 is 1.38 bits per heavy atom. The van der Waals surface area contributed by atoms with Crippen LogP contribution in [0.2, 0.25) is 0 Å². The third kappa shape index (κ3) is 4.68. The molecule has 0 fully saturated rings. The minimum Gasteiger partial charge on any atom is -0.265 e. The van der Waals surface area contributed by atoms with Gasteiger partial charge in [0.05, 0.1) is 4.90 Å². The van der Waals surface area contributed by atoms with Crippen LogP contribution >= 0.6 is 0 Å². The summed E-state index contributed by atoms with van der Waals surface area (Å²) < 4.78 is 21.2. The number of aromatic nitrogens is 1. The summed E-state index contributed by atoms with van der Waals surface area (Å²) in [5.74, 6) is 0. The van der Waals surface area contributed by atoms with Crippen molar-refractivity contribution in [1.29, 1.82) is 0 Å². The van der Waals surface area contributed by atoms with Crippen LogP contribution in [0.25, 0.3) is 0 Å². The molecule has 0 atom stereocenters. The van der Waals surface area contributed by atoms with E-state index in [1.807, 2.05) is 18.2 Å². The molecule has 0 aliphatic heterocycles. The van der Waals surface area contributed by atoms with E-state index in [4.69, 9.17) is 5.14 Å². The minimum absolute atomic E-state index is 0.148. The van der Waals surface area contributed by atoms with Crippen molar-refractivity contribution in [1.82, 2.24) is 4.98 Å². The highest BCUT2D eigenvalue weighted by molar-refractivity contribution is 7.89. The van der Waals surface area contributed by atoms with Gasteiger partial charge in [0, 0.05) is 12.4 Å². The fraction of sp³-hybridized carbons (Fsp3) is 0. The molecule has 1 heterocycles. The van der Waals surface area contributed by atoms with Crippen molar-refractivity contribution in [3.63, 3.8) is 0 Å². The molecule has 2 rings (SSSR count). The Bertz CT molecular complexity index is 471. The molecular weight excluding hydrogens is 224 g/mol. The number of benzene rings is 1. The van der Waals surface area contributed by atoms with E-state index in [9.17, 15) is 8.42 Å². The lowest BCUT2D eigenvalue weighted by Gasteiger charge is -1.93. The monoisotopic (exact) mass is 236 g/mol. The van der Waals surface area contributed by atoms with Crippen molar-refractivity contribution in [2.45, 2.75) is 4.90 Å². The summed E-state index contributed by atoms with van der Waals surface area (Å²) in [5.41, 5.74) is 0. The van der Waals surface area contributed by atoms with Gasteiger partial charge in [0.25, 0.3) is 0 Å². The van der Waals surface area contributed by atoms with Crippen molar-refractivity contribution in [3.05, 3.63) is 60.9 Å². The lowest BCUT2D eigenvalue weighted by atomic mass is 10.4. The van der Waals surface area contributed by atoms with E-state index in [1.54, 1.807) is 30.6 Å². The second-order valence-corrected chi connectivity index (χ2v) is 4.44. The van der Waals surface area contributed by atoms with E-state index >= 15 is 0 Å². The number of hydrogen-bond acceptors (Lipinski definition) is 3. The molecule has 0 aliphatic carbocycles. The molecule has 0 bridgehead atoms. The number of hydrogen-bond donors (Lipinski definition) is 1. The normalized spacial score (nSPS) is 10.1. The molecule has 0 aliphatic rings. The molecule has 0 radical (unpaired) electrons. The first-order valence-corrected chi connectivity index (χ1v) is 6.08. The second kappa shape index (κ2) is 5.99. The van der Waals surface area contributed by atoms with Gasteiger partial charge < -0.3 is 0 Å². The summed E-state index contributed by atoms with van der Waals surface area (Å²) >= 11 is 0. The molecule has 0 spiro atoms. The quantitative estimate of drug-likeness (QED) is 0.813. The SMILES string of the molecule is NS(=O)(=O)c1ccccc1.c1ccncc1. The fourth-order valence-corrected chi connectivity index (χ4v) is 1.46. The third-order valence-corrected chi connectivity index (χ3v) is 2.57. The molecule has 0 saturated heterocycles. The van der Waals surface area contributed by atoms with Crippen molar-refractivity contribution in [2.24, 2.45) is 5.14 Å². The zero-order valence-corrected chi connectivity index (χ0v) is 9.34. The predicted octanol–water partition coefficient (Wildman–Crippen LogP) is 1.42. The van der Waals surface area contributed by atoms with E-state index in [-0.39, 0.29) is 4.90 Å². The number of primary sulfonamides is 1. The van der Waals surface area contributed by atoms with Crippen LogP contribution in [0.1, 0.15) is 0 Å². The van der Waals surface area contributed by atoms with Gasteiger partial charge in [0.2, 0.25) is 10.0 Å². The highest BCUT2D eigenvalue weighted by Crippen LogP contribution is 2.02. The maximum Gasteiger partial charge on any atom is 0.238 e. The van der Waals surface area contributed by atoms with Crippen LogP contribution in [-0.4, -0.2) is 13.4 Å². The topological polar surface area (TPSA) is 73.1 Å². The molecule has 4 nitrogen and oxygen atoms in total. The van der Waals surface area contributed by atoms with Crippen molar-refractivity contribution >= 4 is 10.0 Å². The number of sulfonamides is 1. The first-order chi connectivity index (χ1) is 7.61. The number of rotatable bonds is 1. The molecule has 84 valence electrons. The summed E-state index contributed by atoms with van der Waals surface area (Å²) in [6.45, 7) is 0. The van der Waals surface area contributed by atoms with E-state index < -0.39 is 10.0 Å². The zero-order valence-electron chi connectivity index (χ0n) is 8.52. The lowest BCUT2D eigenvalue weighted by molar-refractivity contribution is 0.598. The summed E-state index contributed by atoms with van der Waals surface area (Å²) in [5, 5.41) is 4.83. The van der Waals surface area contributed by atoms with Gasteiger partial charge in [-0.2, -0.15) is 0 Å². The maximum absolute atomic E-state index is 10.6. The largest absolute Gasteiger partial charge is 0.265 e. The van der Waals surface area contributed by atoms with Crippen LogP contribution in [-0.2, 0) is 10.0 Å². The highest BCUT2D eigenvalue weighted by atomic mass is 32.2. The average molecular weight is 236 g/mol. The Morgan fingerprint density at radius 3 is 1.62 bits per heavy atom. The summed E-state index contributed by atoms with van der Waals surface area (Å²) in [6.07, 6.45) is 3.50. The molecular formula is C11H12N2O2S. The Hall–Kier alpha value is -1.72. The standard InChI is InChI=1S/C6H7NO2S.C5H5N/c7-10(8,9)6-4-2-1-3-5-6;1-2-4-6-5-3-1/h1-5H,(H2,7,8,9);1-5H. The van der Waals surface area contributed by atoms with Gasteiger partial charge >= 0.3 is 0 Å². The zero-order chi connectivity index (χ0) is 11.9. The number of pyridine rings is 1. The predicted molar refractivity (Wildman–Crippen MR) is 62.1 cm³/mol. The van der Waals surface area contributed by atoms with E-state index in [0.717, 1.165) is 0 Å². The molecule has 0 amide bonds. The Balaban J connectivity index is 0.000000181. The Morgan fingerprint density at radius 1 is 0.875 bits per heavy atom. The maximum atomic E-state index is 10.6. The first kappa shape index (κ1) is 12.4. The molecule has 2 aromatic rings. The van der Waals surface area contributed by atoms with Crippen LogP contribution < -0.4 is 5.14 Å². The number of nitrogens with two attached hydrogens (primary N) is 1. The summed E-state index contributed by atoms with van der Waals surface area (Å²) in [4.78, 5) is 3.93.